The van der Waals surface area contributed by atoms with Crippen LogP contribution in [0.15, 0.2) is 6.20 Å². The van der Waals surface area contributed by atoms with Crippen molar-refractivity contribution in [3.8, 4) is 5.75 Å². The summed E-state index contributed by atoms with van der Waals surface area (Å²) in [5.41, 5.74) is 0.407. The van der Waals surface area contributed by atoms with Crippen LogP contribution < -0.4 is 10.1 Å². The van der Waals surface area contributed by atoms with E-state index >= 15 is 0 Å². The molecule has 2 N–H and O–H groups in total. The second-order valence-corrected chi connectivity index (χ2v) is 5.98. The highest BCUT2D eigenvalue weighted by molar-refractivity contribution is 5.95. The van der Waals surface area contributed by atoms with Gasteiger partial charge in [-0.3, -0.25) is 4.79 Å². The third kappa shape index (κ3) is 3.08. The highest BCUT2D eigenvalue weighted by Crippen LogP contribution is 2.35. The van der Waals surface area contributed by atoms with Crippen LogP contribution in [-0.2, 0) is 0 Å². The molecule has 1 aliphatic rings. The fraction of sp³-hybridized carbons (Fsp3) is 0.643. The Morgan fingerprint density at radius 1 is 1.58 bits per heavy atom. The summed E-state index contributed by atoms with van der Waals surface area (Å²) in [5.74, 6) is -0.868. The molecule has 0 aliphatic heterocycles. The zero-order valence-corrected chi connectivity index (χ0v) is 11.7. The van der Waals surface area contributed by atoms with E-state index in [-0.39, 0.29) is 28.8 Å². The van der Waals surface area contributed by atoms with Crippen LogP contribution in [0.4, 0.5) is 4.39 Å². The largest absolute Gasteiger partial charge is 0.491 e. The number of amides is 1. The molecule has 1 aliphatic carbocycles. The maximum atomic E-state index is 13.3. The van der Waals surface area contributed by atoms with Crippen molar-refractivity contribution in [2.45, 2.75) is 45.6 Å². The molecule has 0 aromatic carbocycles. The molecule has 19 heavy (non-hydrogen) atoms. The Bertz CT molecular complexity index is 468. The molecule has 5 heteroatoms. The number of carbonyl (C=O) groups is 1. The van der Waals surface area contributed by atoms with Crippen molar-refractivity contribution >= 4 is 5.91 Å². The molecule has 0 spiro atoms. The number of methoxy groups -OCH3 is 1. The normalized spacial score (nSPS) is 22.0. The average Bonchev–Trinajstić information content (AvgIpc) is 2.69. The molecule has 1 aromatic heterocycles. The maximum Gasteiger partial charge on any atom is 0.271 e. The van der Waals surface area contributed by atoms with E-state index in [9.17, 15) is 9.18 Å². The number of ether oxygens (including phenoxy) is 1. The van der Waals surface area contributed by atoms with E-state index in [1.807, 2.05) is 0 Å². The lowest BCUT2D eigenvalue weighted by atomic mass is 9.75. The van der Waals surface area contributed by atoms with Crippen molar-refractivity contribution in [3.63, 3.8) is 0 Å². The second-order valence-electron chi connectivity index (χ2n) is 5.98. The van der Waals surface area contributed by atoms with E-state index in [0.717, 1.165) is 25.5 Å². The molecule has 0 bridgehead atoms. The monoisotopic (exact) mass is 268 g/mol. The van der Waals surface area contributed by atoms with Gasteiger partial charge in [-0.2, -0.15) is 0 Å². The van der Waals surface area contributed by atoms with Gasteiger partial charge in [0, 0.05) is 12.2 Å². The van der Waals surface area contributed by atoms with Gasteiger partial charge in [0.15, 0.2) is 11.6 Å². The highest BCUT2D eigenvalue weighted by atomic mass is 19.1. The van der Waals surface area contributed by atoms with Crippen LogP contribution in [0.5, 0.6) is 5.75 Å². The van der Waals surface area contributed by atoms with Gasteiger partial charge in [-0.05, 0) is 24.7 Å². The molecule has 0 saturated heterocycles. The van der Waals surface area contributed by atoms with Gasteiger partial charge in [0.25, 0.3) is 5.91 Å². The summed E-state index contributed by atoms with van der Waals surface area (Å²) in [7, 11) is 1.35. The predicted octanol–water partition coefficient (Wildman–Crippen LogP) is 2.86. The van der Waals surface area contributed by atoms with Crippen molar-refractivity contribution in [3.05, 3.63) is 17.7 Å². The van der Waals surface area contributed by atoms with Gasteiger partial charge in [0.2, 0.25) is 0 Å². The molecule has 4 nitrogen and oxygen atoms in total. The second kappa shape index (κ2) is 5.23. The Balaban J connectivity index is 2.04. The number of H-pyrrole nitrogens is 1. The smallest absolute Gasteiger partial charge is 0.271 e. The van der Waals surface area contributed by atoms with Gasteiger partial charge in [0.05, 0.1) is 7.11 Å². The molecule has 1 heterocycles. The molecule has 1 aromatic rings. The van der Waals surface area contributed by atoms with E-state index in [2.05, 4.69) is 24.1 Å². The topological polar surface area (TPSA) is 54.1 Å². The van der Waals surface area contributed by atoms with E-state index < -0.39 is 5.82 Å². The van der Waals surface area contributed by atoms with Gasteiger partial charge in [0.1, 0.15) is 5.69 Å². The highest BCUT2D eigenvalue weighted by Gasteiger charge is 2.30. The van der Waals surface area contributed by atoms with Crippen LogP contribution in [-0.4, -0.2) is 24.0 Å². The number of rotatable bonds is 3. The van der Waals surface area contributed by atoms with Crippen LogP contribution in [0.1, 0.15) is 50.0 Å². The number of aromatic nitrogens is 1. The van der Waals surface area contributed by atoms with Crippen molar-refractivity contribution < 1.29 is 13.9 Å². The zero-order chi connectivity index (χ0) is 14.0. The summed E-state index contributed by atoms with van der Waals surface area (Å²) in [4.78, 5) is 14.8. The minimum atomic E-state index is -0.545. The fourth-order valence-corrected chi connectivity index (χ4v) is 2.83. The van der Waals surface area contributed by atoms with Crippen LogP contribution >= 0.6 is 0 Å². The van der Waals surface area contributed by atoms with Gasteiger partial charge in [-0.1, -0.05) is 20.3 Å². The molecule has 106 valence electrons. The van der Waals surface area contributed by atoms with Gasteiger partial charge < -0.3 is 15.0 Å². The van der Waals surface area contributed by atoms with Crippen LogP contribution in [0.2, 0.25) is 0 Å². The Labute approximate surface area is 112 Å². The Hall–Kier alpha value is -1.52. The van der Waals surface area contributed by atoms with Crippen molar-refractivity contribution in [2.75, 3.05) is 7.11 Å². The number of aromatic amines is 1. The van der Waals surface area contributed by atoms with Gasteiger partial charge in [-0.15, -0.1) is 0 Å². The Kier molecular flexibility index (Phi) is 3.83. The zero-order valence-electron chi connectivity index (χ0n) is 11.7. The minimum Gasteiger partial charge on any atom is -0.491 e. The third-order valence-electron chi connectivity index (χ3n) is 3.76. The summed E-state index contributed by atoms with van der Waals surface area (Å²) in [5, 5.41) is 2.96. The lowest BCUT2D eigenvalue weighted by molar-refractivity contribution is 0.0894. The van der Waals surface area contributed by atoms with Gasteiger partial charge >= 0.3 is 0 Å². The van der Waals surface area contributed by atoms with Crippen molar-refractivity contribution in [2.24, 2.45) is 5.41 Å². The molecule has 1 atom stereocenters. The lowest BCUT2D eigenvalue weighted by Crippen LogP contribution is -2.40. The maximum absolute atomic E-state index is 13.3. The first-order valence-corrected chi connectivity index (χ1v) is 6.65. The lowest BCUT2D eigenvalue weighted by Gasteiger charge is -2.35. The number of hydrogen-bond acceptors (Lipinski definition) is 2. The Morgan fingerprint density at radius 3 is 2.95 bits per heavy atom. The number of carbonyl (C=O) groups excluding carboxylic acids is 1. The molecule has 0 unspecified atom stereocenters. The standard InChI is InChI=1S/C14H21FN2O2/c1-14(2)6-4-5-9(7-14)17-13(18)11-12(19-3)10(15)8-16-11/h8-9,16H,4-7H2,1-3H3,(H,17,18)/t9-/m0/s1. The SMILES string of the molecule is COc1c(F)c[nH]c1C(=O)N[C@H]1CCCC(C)(C)C1. The molecule has 2 rings (SSSR count). The molecule has 1 saturated carbocycles. The summed E-state index contributed by atoms with van der Waals surface area (Å²) in [6.07, 6.45) is 5.34. The first-order chi connectivity index (χ1) is 8.93. The number of halogens is 1. The first-order valence-electron chi connectivity index (χ1n) is 6.65. The summed E-state index contributed by atoms with van der Waals surface area (Å²) in [6.45, 7) is 4.42. The van der Waals surface area contributed by atoms with Gasteiger partial charge in [-0.25, -0.2) is 4.39 Å². The predicted molar refractivity (Wildman–Crippen MR) is 70.8 cm³/mol. The summed E-state index contributed by atoms with van der Waals surface area (Å²) < 4.78 is 18.2. The molecule has 0 radical (unpaired) electrons. The quantitative estimate of drug-likeness (QED) is 0.885. The van der Waals surface area contributed by atoms with Crippen LogP contribution in [0, 0.1) is 11.2 Å². The summed E-state index contributed by atoms with van der Waals surface area (Å²) in [6, 6.07) is 0.146. The fourth-order valence-electron chi connectivity index (χ4n) is 2.83. The number of hydrogen-bond donors (Lipinski definition) is 2. The van der Waals surface area contributed by atoms with Crippen LogP contribution in [0.25, 0.3) is 0 Å². The van der Waals surface area contributed by atoms with E-state index in [1.165, 1.54) is 13.5 Å². The molecular formula is C14H21FN2O2. The molecule has 1 amide bonds. The average molecular weight is 268 g/mol. The number of nitrogens with one attached hydrogen (secondary N) is 2. The van der Waals surface area contributed by atoms with E-state index in [1.54, 1.807) is 0 Å². The minimum absolute atomic E-state index is 0.0208. The van der Waals surface area contributed by atoms with E-state index in [4.69, 9.17) is 4.74 Å². The van der Waals surface area contributed by atoms with Crippen LogP contribution in [0.3, 0.4) is 0 Å². The Morgan fingerprint density at radius 2 is 2.32 bits per heavy atom. The molecule has 1 fully saturated rings. The third-order valence-corrected chi connectivity index (χ3v) is 3.76. The van der Waals surface area contributed by atoms with Crippen molar-refractivity contribution in [1.29, 1.82) is 0 Å². The summed E-state index contributed by atoms with van der Waals surface area (Å²) >= 11 is 0. The van der Waals surface area contributed by atoms with E-state index in [0.29, 0.717) is 0 Å². The molecular weight excluding hydrogens is 247 g/mol. The van der Waals surface area contributed by atoms with Crippen molar-refractivity contribution in [1.82, 2.24) is 10.3 Å². The first kappa shape index (κ1) is 13.9.